The van der Waals surface area contributed by atoms with Crippen LogP contribution in [0.1, 0.15) is 23.6 Å². The molecular formula is C28H40O6S3. The van der Waals surface area contributed by atoms with Gasteiger partial charge in [-0.2, -0.15) is 0 Å². The van der Waals surface area contributed by atoms with E-state index in [0.29, 0.717) is 66.1 Å². The van der Waals surface area contributed by atoms with Crippen molar-refractivity contribution in [1.82, 2.24) is 0 Å². The molecule has 0 saturated carbocycles. The van der Waals surface area contributed by atoms with Gasteiger partial charge >= 0.3 is 0 Å². The molecule has 37 heavy (non-hydrogen) atoms. The van der Waals surface area contributed by atoms with Crippen LogP contribution in [-0.2, 0) is 41.3 Å². The van der Waals surface area contributed by atoms with E-state index in [1.54, 1.807) is 0 Å². The van der Waals surface area contributed by atoms with Gasteiger partial charge in [0.15, 0.2) is 0 Å². The topological polar surface area (TPSA) is 55.4 Å². The van der Waals surface area contributed by atoms with Crippen molar-refractivity contribution in [3.8, 4) is 19.5 Å². The Labute approximate surface area is 233 Å². The standard InChI is InChI=1S/C28H40O6S3/c1-3-29-15-17-33-21-19-31-13-11-23-5-7-25(35-23)27-9-10-28(37-27)26-8-6-24(36-26)12-14-32-20-22-34-18-16-30-4-2/h5-10H,3-4,11-22H2,1-2H3. The van der Waals surface area contributed by atoms with Crippen LogP contribution in [0.15, 0.2) is 36.4 Å². The molecule has 3 aromatic heterocycles. The Balaban J connectivity index is 1.32. The van der Waals surface area contributed by atoms with Crippen molar-refractivity contribution in [3.05, 3.63) is 46.2 Å². The van der Waals surface area contributed by atoms with Crippen molar-refractivity contribution < 1.29 is 28.4 Å². The third-order valence-electron chi connectivity index (χ3n) is 5.30. The molecular weight excluding hydrogens is 529 g/mol. The first-order chi connectivity index (χ1) is 18.3. The van der Waals surface area contributed by atoms with Crippen molar-refractivity contribution in [2.45, 2.75) is 26.7 Å². The smallest absolute Gasteiger partial charge is 0.0701 e. The van der Waals surface area contributed by atoms with Crippen LogP contribution in [0.3, 0.4) is 0 Å². The van der Waals surface area contributed by atoms with Crippen LogP contribution in [0.2, 0.25) is 0 Å². The highest BCUT2D eigenvalue weighted by atomic mass is 32.1. The number of thiophene rings is 3. The molecule has 0 aromatic carbocycles. The summed E-state index contributed by atoms with van der Waals surface area (Å²) in [4.78, 5) is 7.97. The molecule has 0 amide bonds. The average Bonchev–Trinajstić information content (AvgIpc) is 3.67. The molecule has 0 radical (unpaired) electrons. The Kier molecular flexibility index (Phi) is 15.6. The van der Waals surface area contributed by atoms with Crippen LogP contribution in [0.5, 0.6) is 0 Å². The molecule has 0 N–H and O–H groups in total. The summed E-state index contributed by atoms with van der Waals surface area (Å²) in [5.74, 6) is 0. The number of hydrogen-bond donors (Lipinski definition) is 0. The van der Waals surface area contributed by atoms with Gasteiger partial charge in [0.25, 0.3) is 0 Å². The second-order valence-electron chi connectivity index (χ2n) is 8.04. The molecule has 9 heteroatoms. The number of rotatable bonds is 22. The van der Waals surface area contributed by atoms with Crippen LogP contribution in [0.25, 0.3) is 19.5 Å². The Morgan fingerprint density at radius 3 is 1.14 bits per heavy atom. The highest BCUT2D eigenvalue weighted by Crippen LogP contribution is 2.40. The second kappa shape index (κ2) is 19.0. The van der Waals surface area contributed by atoms with E-state index >= 15 is 0 Å². The summed E-state index contributed by atoms with van der Waals surface area (Å²) in [6, 6.07) is 13.4. The van der Waals surface area contributed by atoms with E-state index in [1.807, 2.05) is 47.9 Å². The van der Waals surface area contributed by atoms with Crippen LogP contribution >= 0.6 is 34.0 Å². The van der Waals surface area contributed by atoms with E-state index in [9.17, 15) is 0 Å². The predicted octanol–water partition coefficient (Wildman–Crippen LogP) is 6.43. The molecule has 0 bridgehead atoms. The summed E-state index contributed by atoms with van der Waals surface area (Å²) in [6.07, 6.45) is 1.86. The summed E-state index contributed by atoms with van der Waals surface area (Å²) >= 11 is 5.56. The summed E-state index contributed by atoms with van der Waals surface area (Å²) in [7, 11) is 0. The number of hydrogen-bond acceptors (Lipinski definition) is 9. The highest BCUT2D eigenvalue weighted by molar-refractivity contribution is 7.26. The molecule has 0 saturated heterocycles. The molecule has 3 rings (SSSR count). The van der Waals surface area contributed by atoms with E-state index in [-0.39, 0.29) is 0 Å². The molecule has 0 spiro atoms. The van der Waals surface area contributed by atoms with Crippen molar-refractivity contribution in [2.24, 2.45) is 0 Å². The van der Waals surface area contributed by atoms with Gasteiger partial charge in [-0.3, -0.25) is 0 Å². The Bertz CT molecular complexity index is 892. The van der Waals surface area contributed by atoms with Crippen molar-refractivity contribution in [3.63, 3.8) is 0 Å². The van der Waals surface area contributed by atoms with Crippen molar-refractivity contribution in [1.29, 1.82) is 0 Å². The predicted molar refractivity (Wildman–Crippen MR) is 155 cm³/mol. The van der Waals surface area contributed by atoms with E-state index in [0.717, 1.165) is 26.1 Å². The Hall–Kier alpha value is -1.14. The maximum atomic E-state index is 5.71. The normalized spacial score (nSPS) is 11.5. The minimum Gasteiger partial charge on any atom is -0.379 e. The molecule has 3 heterocycles. The highest BCUT2D eigenvalue weighted by Gasteiger charge is 2.10. The molecule has 0 aliphatic rings. The van der Waals surface area contributed by atoms with Gasteiger partial charge in [0.2, 0.25) is 0 Å². The lowest BCUT2D eigenvalue weighted by Crippen LogP contribution is -2.10. The molecule has 0 aliphatic carbocycles. The third kappa shape index (κ3) is 12.1. The van der Waals surface area contributed by atoms with Gasteiger partial charge < -0.3 is 28.4 Å². The largest absolute Gasteiger partial charge is 0.379 e. The summed E-state index contributed by atoms with van der Waals surface area (Å²) in [5, 5.41) is 0. The maximum absolute atomic E-state index is 5.71. The maximum Gasteiger partial charge on any atom is 0.0701 e. The zero-order chi connectivity index (χ0) is 26.0. The van der Waals surface area contributed by atoms with E-state index in [4.69, 9.17) is 28.4 Å². The van der Waals surface area contributed by atoms with Gasteiger partial charge in [-0.1, -0.05) is 0 Å². The molecule has 3 aromatic rings. The van der Waals surface area contributed by atoms with Gasteiger partial charge in [-0.05, 0) is 50.2 Å². The lowest BCUT2D eigenvalue weighted by atomic mass is 10.3. The van der Waals surface area contributed by atoms with Gasteiger partial charge in [0.1, 0.15) is 0 Å². The fraction of sp³-hybridized carbons (Fsp3) is 0.571. The van der Waals surface area contributed by atoms with E-state index < -0.39 is 0 Å². The van der Waals surface area contributed by atoms with Crippen molar-refractivity contribution >= 4 is 34.0 Å². The first kappa shape index (κ1) is 30.4. The number of ether oxygens (including phenoxy) is 6. The summed E-state index contributed by atoms with van der Waals surface area (Å²) in [5.41, 5.74) is 0. The van der Waals surface area contributed by atoms with Gasteiger partial charge in [-0.15, -0.1) is 34.0 Å². The zero-order valence-electron chi connectivity index (χ0n) is 22.0. The zero-order valence-corrected chi connectivity index (χ0v) is 24.5. The quantitative estimate of drug-likeness (QED) is 0.130. The molecule has 0 aliphatic heterocycles. The second-order valence-corrected chi connectivity index (χ2v) is 11.5. The van der Waals surface area contributed by atoms with Crippen LogP contribution < -0.4 is 0 Å². The van der Waals surface area contributed by atoms with Gasteiger partial charge in [0, 0.05) is 55.3 Å². The van der Waals surface area contributed by atoms with Gasteiger partial charge in [0.05, 0.1) is 66.1 Å². The molecule has 6 nitrogen and oxygen atoms in total. The molecule has 0 atom stereocenters. The molecule has 0 fully saturated rings. The lowest BCUT2D eigenvalue weighted by molar-refractivity contribution is 0.0176. The first-order valence-corrected chi connectivity index (χ1v) is 15.5. The fourth-order valence-corrected chi connectivity index (χ4v) is 6.57. The summed E-state index contributed by atoms with van der Waals surface area (Å²) < 4.78 is 32.9. The van der Waals surface area contributed by atoms with Crippen LogP contribution in [0, 0.1) is 0 Å². The minimum atomic E-state index is 0.614. The minimum absolute atomic E-state index is 0.614. The Morgan fingerprint density at radius 2 is 0.730 bits per heavy atom. The fourth-order valence-electron chi connectivity index (χ4n) is 3.41. The summed E-state index contributed by atoms with van der Waals surface area (Å²) in [6.45, 7) is 11.9. The van der Waals surface area contributed by atoms with Crippen LogP contribution in [-0.4, -0.2) is 79.3 Å². The Morgan fingerprint density at radius 1 is 0.405 bits per heavy atom. The van der Waals surface area contributed by atoms with E-state index in [1.165, 1.54) is 29.3 Å². The monoisotopic (exact) mass is 568 g/mol. The first-order valence-electron chi connectivity index (χ1n) is 13.0. The molecule has 0 unspecified atom stereocenters. The SMILES string of the molecule is CCOCCOCCOCCc1ccc(-c2ccc(-c3ccc(CCOCCOCCOCC)s3)s2)s1. The van der Waals surface area contributed by atoms with Crippen LogP contribution in [0.4, 0.5) is 0 Å². The van der Waals surface area contributed by atoms with Crippen molar-refractivity contribution in [2.75, 3.05) is 79.3 Å². The third-order valence-corrected chi connectivity index (χ3v) is 9.06. The van der Waals surface area contributed by atoms with E-state index in [2.05, 4.69) is 36.4 Å². The lowest BCUT2D eigenvalue weighted by Gasteiger charge is -2.05. The van der Waals surface area contributed by atoms with Gasteiger partial charge in [-0.25, -0.2) is 0 Å². The average molecular weight is 569 g/mol. The molecule has 206 valence electrons.